The van der Waals surface area contributed by atoms with Crippen molar-refractivity contribution in [3.05, 3.63) is 53.0 Å². The van der Waals surface area contributed by atoms with Crippen LogP contribution in [0, 0.1) is 18.3 Å². The molecule has 0 aliphatic rings. The number of aromatic nitrogens is 1. The summed E-state index contributed by atoms with van der Waals surface area (Å²) >= 11 is 1.67. The molecule has 0 bridgehead atoms. The van der Waals surface area contributed by atoms with Gasteiger partial charge in [0.05, 0.1) is 5.56 Å². The Bertz CT molecular complexity index is 751. The van der Waals surface area contributed by atoms with Gasteiger partial charge in [0.1, 0.15) is 10.9 Å². The molecule has 0 saturated carbocycles. The van der Waals surface area contributed by atoms with Gasteiger partial charge in [-0.15, -0.1) is 11.3 Å². The SMILES string of the molecule is Cc1sc2ncc(C#N)cc2c1-c1ccccc1. The molecule has 0 aliphatic heterocycles. The maximum Gasteiger partial charge on any atom is 0.124 e. The topological polar surface area (TPSA) is 36.7 Å². The first-order valence-electron chi connectivity index (χ1n) is 5.64. The van der Waals surface area contributed by atoms with E-state index in [9.17, 15) is 0 Å². The maximum absolute atomic E-state index is 8.98. The van der Waals surface area contributed by atoms with E-state index in [1.807, 2.05) is 24.3 Å². The molecular weight excluding hydrogens is 240 g/mol. The number of hydrogen-bond donors (Lipinski definition) is 0. The third-order valence-corrected chi connectivity index (χ3v) is 3.94. The predicted octanol–water partition coefficient (Wildman–Crippen LogP) is 4.14. The number of nitrogens with zero attached hydrogens (tertiary/aromatic N) is 2. The summed E-state index contributed by atoms with van der Waals surface area (Å²) in [7, 11) is 0. The number of fused-ring (bicyclic) bond motifs is 1. The highest BCUT2D eigenvalue weighted by Crippen LogP contribution is 2.37. The highest BCUT2D eigenvalue weighted by atomic mass is 32.1. The van der Waals surface area contributed by atoms with Crippen LogP contribution < -0.4 is 0 Å². The first kappa shape index (κ1) is 10.9. The first-order chi connectivity index (χ1) is 8.79. The summed E-state index contributed by atoms with van der Waals surface area (Å²) in [6.45, 7) is 2.10. The van der Waals surface area contributed by atoms with Gasteiger partial charge in [-0.3, -0.25) is 0 Å². The Morgan fingerprint density at radius 2 is 2.00 bits per heavy atom. The van der Waals surface area contributed by atoms with E-state index in [0.717, 1.165) is 10.2 Å². The van der Waals surface area contributed by atoms with Crippen LogP contribution in [0.5, 0.6) is 0 Å². The zero-order valence-corrected chi connectivity index (χ0v) is 10.7. The highest BCUT2D eigenvalue weighted by Gasteiger charge is 2.12. The Labute approximate surface area is 109 Å². The lowest BCUT2D eigenvalue weighted by Gasteiger charge is -2.01. The van der Waals surface area contributed by atoms with Crippen LogP contribution in [-0.2, 0) is 0 Å². The van der Waals surface area contributed by atoms with Crippen LogP contribution in [0.15, 0.2) is 42.6 Å². The van der Waals surface area contributed by atoms with Gasteiger partial charge in [-0.25, -0.2) is 4.98 Å². The lowest BCUT2D eigenvalue weighted by molar-refractivity contribution is 1.39. The molecule has 0 amide bonds. The third kappa shape index (κ3) is 1.68. The summed E-state index contributed by atoms with van der Waals surface area (Å²) in [6.07, 6.45) is 1.63. The van der Waals surface area contributed by atoms with Crippen molar-refractivity contribution >= 4 is 21.6 Å². The molecule has 3 heteroatoms. The molecule has 3 rings (SSSR count). The largest absolute Gasteiger partial charge is 0.244 e. The monoisotopic (exact) mass is 250 g/mol. The molecule has 0 aliphatic carbocycles. The van der Waals surface area contributed by atoms with E-state index in [1.165, 1.54) is 16.0 Å². The number of pyridine rings is 1. The van der Waals surface area contributed by atoms with E-state index in [4.69, 9.17) is 5.26 Å². The van der Waals surface area contributed by atoms with Gasteiger partial charge in [-0.1, -0.05) is 30.3 Å². The van der Waals surface area contributed by atoms with Gasteiger partial charge in [0.25, 0.3) is 0 Å². The van der Waals surface area contributed by atoms with Gasteiger partial charge >= 0.3 is 0 Å². The molecule has 0 radical (unpaired) electrons. The molecule has 18 heavy (non-hydrogen) atoms. The minimum atomic E-state index is 0.609. The number of nitriles is 1. The van der Waals surface area contributed by atoms with Gasteiger partial charge in [-0.05, 0) is 18.6 Å². The molecule has 2 aromatic heterocycles. The van der Waals surface area contributed by atoms with Crippen LogP contribution in [0.25, 0.3) is 21.3 Å². The van der Waals surface area contributed by atoms with Crippen LogP contribution in [0.4, 0.5) is 0 Å². The molecule has 0 N–H and O–H groups in total. The fraction of sp³-hybridized carbons (Fsp3) is 0.0667. The summed E-state index contributed by atoms with van der Waals surface area (Å²) < 4.78 is 0. The molecule has 0 fully saturated rings. The van der Waals surface area contributed by atoms with Crippen molar-refractivity contribution in [1.82, 2.24) is 4.98 Å². The zero-order valence-electron chi connectivity index (χ0n) is 9.84. The molecule has 2 heterocycles. The van der Waals surface area contributed by atoms with E-state index in [1.54, 1.807) is 17.5 Å². The lowest BCUT2D eigenvalue weighted by atomic mass is 10.0. The molecule has 0 atom stereocenters. The van der Waals surface area contributed by atoms with Gasteiger partial charge in [0, 0.05) is 22.0 Å². The lowest BCUT2D eigenvalue weighted by Crippen LogP contribution is -1.81. The minimum absolute atomic E-state index is 0.609. The molecule has 0 unspecified atom stereocenters. The molecule has 0 saturated heterocycles. The second-order valence-electron chi connectivity index (χ2n) is 4.09. The zero-order chi connectivity index (χ0) is 12.5. The minimum Gasteiger partial charge on any atom is -0.244 e. The first-order valence-corrected chi connectivity index (χ1v) is 6.46. The normalized spacial score (nSPS) is 10.4. The Morgan fingerprint density at radius 1 is 1.22 bits per heavy atom. The Hall–Kier alpha value is -2.18. The molecule has 1 aromatic carbocycles. The van der Waals surface area contributed by atoms with E-state index in [0.29, 0.717) is 5.56 Å². The summed E-state index contributed by atoms with van der Waals surface area (Å²) in [5.74, 6) is 0. The van der Waals surface area contributed by atoms with Crippen molar-refractivity contribution in [2.24, 2.45) is 0 Å². The number of aryl methyl sites for hydroxylation is 1. The molecule has 0 spiro atoms. The molecule has 3 aromatic rings. The summed E-state index contributed by atoms with van der Waals surface area (Å²) in [4.78, 5) is 6.58. The fourth-order valence-corrected chi connectivity index (χ4v) is 3.12. The van der Waals surface area contributed by atoms with Crippen LogP contribution in [0.3, 0.4) is 0 Å². The van der Waals surface area contributed by atoms with Crippen molar-refractivity contribution in [2.45, 2.75) is 6.92 Å². The summed E-state index contributed by atoms with van der Waals surface area (Å²) in [6, 6.07) is 14.3. The number of rotatable bonds is 1. The second kappa shape index (κ2) is 4.25. The van der Waals surface area contributed by atoms with E-state index in [-0.39, 0.29) is 0 Å². The number of hydrogen-bond acceptors (Lipinski definition) is 3. The average molecular weight is 250 g/mol. The maximum atomic E-state index is 8.98. The van der Waals surface area contributed by atoms with Crippen LogP contribution in [-0.4, -0.2) is 4.98 Å². The van der Waals surface area contributed by atoms with Gasteiger partial charge in [0.15, 0.2) is 0 Å². The Kier molecular flexibility index (Phi) is 2.58. The fourth-order valence-electron chi connectivity index (χ4n) is 2.12. The Balaban J connectivity index is 2.35. The van der Waals surface area contributed by atoms with Crippen LogP contribution in [0.2, 0.25) is 0 Å². The summed E-state index contributed by atoms with van der Waals surface area (Å²) in [5.41, 5.74) is 2.98. The van der Waals surface area contributed by atoms with Gasteiger partial charge < -0.3 is 0 Å². The number of thiophene rings is 1. The second-order valence-corrected chi connectivity index (χ2v) is 5.29. The van der Waals surface area contributed by atoms with Gasteiger partial charge in [0.2, 0.25) is 0 Å². The van der Waals surface area contributed by atoms with Crippen molar-refractivity contribution in [3.63, 3.8) is 0 Å². The van der Waals surface area contributed by atoms with Crippen molar-refractivity contribution in [3.8, 4) is 17.2 Å². The summed E-state index contributed by atoms with van der Waals surface area (Å²) in [5, 5.41) is 10.1. The Morgan fingerprint density at radius 3 is 2.72 bits per heavy atom. The van der Waals surface area contributed by atoms with E-state index in [2.05, 4.69) is 30.1 Å². The van der Waals surface area contributed by atoms with Gasteiger partial charge in [-0.2, -0.15) is 5.26 Å². The number of benzene rings is 1. The third-order valence-electron chi connectivity index (χ3n) is 2.91. The van der Waals surface area contributed by atoms with E-state index >= 15 is 0 Å². The quantitative estimate of drug-likeness (QED) is 0.650. The molecule has 2 nitrogen and oxygen atoms in total. The van der Waals surface area contributed by atoms with Crippen LogP contribution in [0.1, 0.15) is 10.4 Å². The predicted molar refractivity (Wildman–Crippen MR) is 74.5 cm³/mol. The van der Waals surface area contributed by atoms with Crippen molar-refractivity contribution in [1.29, 1.82) is 5.26 Å². The highest BCUT2D eigenvalue weighted by molar-refractivity contribution is 7.19. The standard InChI is InChI=1S/C15H10N2S/c1-10-14(12-5-3-2-4-6-12)13-7-11(8-16)9-17-15(13)18-10/h2-7,9H,1H3. The molecule has 86 valence electrons. The van der Waals surface area contributed by atoms with Crippen molar-refractivity contribution in [2.75, 3.05) is 0 Å². The average Bonchev–Trinajstić information content (AvgIpc) is 2.74. The van der Waals surface area contributed by atoms with E-state index < -0.39 is 0 Å². The van der Waals surface area contributed by atoms with Crippen molar-refractivity contribution < 1.29 is 0 Å². The van der Waals surface area contributed by atoms with Crippen LogP contribution >= 0.6 is 11.3 Å². The smallest absolute Gasteiger partial charge is 0.124 e. The molecular formula is C15H10N2S.